The number of aliphatic hydroxyl groups is 1. The van der Waals surface area contributed by atoms with Gasteiger partial charge in [-0.15, -0.1) is 0 Å². The van der Waals surface area contributed by atoms with E-state index in [0.29, 0.717) is 18.8 Å². The van der Waals surface area contributed by atoms with Gasteiger partial charge in [-0.25, -0.2) is 0 Å². The minimum Gasteiger partial charge on any atom is -0.389 e. The summed E-state index contributed by atoms with van der Waals surface area (Å²) >= 11 is 0. The normalized spacial score (nSPS) is 13.4. The fourth-order valence-electron chi connectivity index (χ4n) is 2.70. The van der Waals surface area contributed by atoms with Crippen LogP contribution in [0.25, 0.3) is 0 Å². The van der Waals surface area contributed by atoms with Gasteiger partial charge in [-0.05, 0) is 38.8 Å². The molecule has 0 saturated carbocycles. The third-order valence-corrected chi connectivity index (χ3v) is 4.38. The summed E-state index contributed by atoms with van der Waals surface area (Å²) in [7, 11) is 1.61. The van der Waals surface area contributed by atoms with Crippen LogP contribution in [0.15, 0.2) is 24.3 Å². The van der Waals surface area contributed by atoms with Gasteiger partial charge >= 0.3 is 0 Å². The highest BCUT2D eigenvalue weighted by Gasteiger charge is 2.28. The van der Waals surface area contributed by atoms with Gasteiger partial charge in [-0.2, -0.15) is 0 Å². The number of hydrogen-bond acceptors (Lipinski definition) is 5. The summed E-state index contributed by atoms with van der Waals surface area (Å²) in [5.41, 5.74) is 1.57. The first-order chi connectivity index (χ1) is 13.6. The maximum Gasteiger partial charge on any atom is 0.251 e. The van der Waals surface area contributed by atoms with E-state index in [0.717, 1.165) is 5.56 Å². The van der Waals surface area contributed by atoms with Crippen molar-refractivity contribution in [1.82, 2.24) is 10.2 Å². The molecule has 29 heavy (non-hydrogen) atoms. The Morgan fingerprint density at radius 2 is 1.72 bits per heavy atom. The average Bonchev–Trinajstić information content (AvgIpc) is 2.65. The molecule has 0 aliphatic heterocycles. The highest BCUT2D eigenvalue weighted by Crippen LogP contribution is 2.09. The molecular formula is C22H36N2O5. The fourth-order valence-corrected chi connectivity index (χ4v) is 2.70. The predicted molar refractivity (Wildman–Crippen MR) is 113 cm³/mol. The highest BCUT2D eigenvalue weighted by atomic mass is 16.5. The number of nitrogens with zero attached hydrogens (tertiary/aromatic N) is 1. The second-order valence-corrected chi connectivity index (χ2v) is 7.93. The van der Waals surface area contributed by atoms with E-state index in [1.165, 1.54) is 4.90 Å². The Bertz CT molecular complexity index is 631. The SMILES string of the molecule is Cc1ccc(C(=O)N[C@@H](C(=O)N(C)C[C@H](O)COCCOC(C)C)C(C)C)cc1. The van der Waals surface area contributed by atoms with Crippen molar-refractivity contribution in [3.05, 3.63) is 35.4 Å². The van der Waals surface area contributed by atoms with E-state index in [1.807, 2.05) is 46.8 Å². The van der Waals surface area contributed by atoms with Gasteiger partial charge in [0.25, 0.3) is 5.91 Å². The molecule has 7 nitrogen and oxygen atoms in total. The van der Waals surface area contributed by atoms with Crippen molar-refractivity contribution in [3.63, 3.8) is 0 Å². The third kappa shape index (κ3) is 9.39. The first-order valence-corrected chi connectivity index (χ1v) is 10.1. The summed E-state index contributed by atoms with van der Waals surface area (Å²) in [6, 6.07) is 6.51. The molecule has 0 radical (unpaired) electrons. The van der Waals surface area contributed by atoms with Crippen molar-refractivity contribution in [1.29, 1.82) is 0 Å². The zero-order valence-corrected chi connectivity index (χ0v) is 18.5. The second kappa shape index (κ2) is 12.6. The Hall–Kier alpha value is -1.96. The molecule has 0 bridgehead atoms. The molecule has 0 saturated heterocycles. The number of aliphatic hydroxyl groups excluding tert-OH is 1. The molecule has 2 atom stereocenters. The number of hydrogen-bond donors (Lipinski definition) is 2. The maximum absolute atomic E-state index is 12.8. The van der Waals surface area contributed by atoms with Gasteiger partial charge < -0.3 is 24.8 Å². The molecule has 0 aromatic heterocycles. The molecule has 0 aliphatic carbocycles. The molecular weight excluding hydrogens is 372 g/mol. The Labute approximate surface area is 174 Å². The van der Waals surface area contributed by atoms with Crippen LogP contribution in [0.1, 0.15) is 43.6 Å². The fraction of sp³-hybridized carbons (Fsp3) is 0.636. The molecule has 0 unspecified atom stereocenters. The summed E-state index contributed by atoms with van der Waals surface area (Å²) in [6.07, 6.45) is -0.682. The number of amides is 2. The lowest BCUT2D eigenvalue weighted by atomic mass is 10.0. The number of nitrogens with one attached hydrogen (secondary N) is 1. The van der Waals surface area contributed by atoms with E-state index in [1.54, 1.807) is 19.2 Å². The Kier molecular flexibility index (Phi) is 10.9. The van der Waals surface area contributed by atoms with Crippen LogP contribution in [0, 0.1) is 12.8 Å². The van der Waals surface area contributed by atoms with Crippen molar-refractivity contribution >= 4 is 11.8 Å². The Morgan fingerprint density at radius 1 is 1.10 bits per heavy atom. The molecule has 0 fully saturated rings. The molecule has 1 aromatic rings. The van der Waals surface area contributed by atoms with Crippen molar-refractivity contribution in [3.8, 4) is 0 Å². The largest absolute Gasteiger partial charge is 0.389 e. The molecule has 7 heteroatoms. The lowest BCUT2D eigenvalue weighted by Crippen LogP contribution is -2.51. The van der Waals surface area contributed by atoms with Gasteiger partial charge in [0, 0.05) is 19.2 Å². The zero-order chi connectivity index (χ0) is 22.0. The second-order valence-electron chi connectivity index (χ2n) is 7.93. The van der Waals surface area contributed by atoms with Crippen LogP contribution in [0.5, 0.6) is 0 Å². The van der Waals surface area contributed by atoms with Gasteiger partial charge in [0.05, 0.1) is 32.0 Å². The van der Waals surface area contributed by atoms with E-state index in [4.69, 9.17) is 9.47 Å². The predicted octanol–water partition coefficient (Wildman–Crippen LogP) is 2.01. The van der Waals surface area contributed by atoms with Gasteiger partial charge in [-0.1, -0.05) is 31.5 Å². The topological polar surface area (TPSA) is 88.1 Å². The monoisotopic (exact) mass is 408 g/mol. The summed E-state index contributed by atoms with van der Waals surface area (Å²) in [6.45, 7) is 10.7. The van der Waals surface area contributed by atoms with E-state index < -0.39 is 12.1 Å². The van der Waals surface area contributed by atoms with Gasteiger partial charge in [-0.3, -0.25) is 9.59 Å². The van der Waals surface area contributed by atoms with E-state index in [9.17, 15) is 14.7 Å². The summed E-state index contributed by atoms with van der Waals surface area (Å²) in [4.78, 5) is 26.8. The Balaban J connectivity index is 2.54. The van der Waals surface area contributed by atoms with Gasteiger partial charge in [0.2, 0.25) is 5.91 Å². The van der Waals surface area contributed by atoms with Crippen LogP contribution in [-0.2, 0) is 14.3 Å². The van der Waals surface area contributed by atoms with Crippen LogP contribution >= 0.6 is 0 Å². The zero-order valence-electron chi connectivity index (χ0n) is 18.5. The number of carbonyl (C=O) groups is 2. The summed E-state index contributed by atoms with van der Waals surface area (Å²) < 4.78 is 10.8. The highest BCUT2D eigenvalue weighted by molar-refractivity contribution is 5.97. The van der Waals surface area contributed by atoms with Crippen LogP contribution in [-0.4, -0.2) is 73.5 Å². The maximum atomic E-state index is 12.8. The van der Waals surface area contributed by atoms with Crippen LogP contribution in [0.3, 0.4) is 0 Å². The molecule has 0 aliphatic rings. The molecule has 164 valence electrons. The van der Waals surface area contributed by atoms with E-state index in [2.05, 4.69) is 5.32 Å². The van der Waals surface area contributed by atoms with Crippen molar-refractivity contribution in [2.24, 2.45) is 5.92 Å². The minimum absolute atomic E-state index is 0.0964. The molecule has 0 spiro atoms. The quantitative estimate of drug-likeness (QED) is 0.517. The van der Waals surface area contributed by atoms with Crippen LogP contribution in [0.4, 0.5) is 0 Å². The van der Waals surface area contributed by atoms with Crippen molar-refractivity contribution in [2.45, 2.75) is 52.9 Å². The standard InChI is InChI=1S/C22H36N2O5/c1-15(2)20(23-21(26)18-9-7-17(5)8-10-18)22(27)24(6)13-19(25)14-28-11-12-29-16(3)4/h7-10,15-16,19-20,25H,11-14H2,1-6H3,(H,23,26)/t19-,20+/m0/s1. The number of rotatable bonds is 12. The summed E-state index contributed by atoms with van der Waals surface area (Å²) in [5.74, 6) is -0.636. The lowest BCUT2D eigenvalue weighted by Gasteiger charge is -2.28. The smallest absolute Gasteiger partial charge is 0.251 e. The van der Waals surface area contributed by atoms with E-state index >= 15 is 0 Å². The molecule has 0 heterocycles. The van der Waals surface area contributed by atoms with Crippen LogP contribution < -0.4 is 5.32 Å². The van der Waals surface area contributed by atoms with Crippen LogP contribution in [0.2, 0.25) is 0 Å². The van der Waals surface area contributed by atoms with Crippen molar-refractivity contribution in [2.75, 3.05) is 33.4 Å². The third-order valence-electron chi connectivity index (χ3n) is 4.38. The van der Waals surface area contributed by atoms with E-state index in [-0.39, 0.29) is 37.0 Å². The average molecular weight is 409 g/mol. The summed E-state index contributed by atoms with van der Waals surface area (Å²) in [5, 5.41) is 13.0. The first-order valence-electron chi connectivity index (χ1n) is 10.1. The number of benzene rings is 1. The number of aryl methyl sites for hydroxylation is 1. The number of ether oxygens (including phenoxy) is 2. The molecule has 1 aromatic carbocycles. The number of carbonyl (C=O) groups excluding carboxylic acids is 2. The molecule has 2 N–H and O–H groups in total. The lowest BCUT2D eigenvalue weighted by molar-refractivity contribution is -0.134. The number of likely N-dealkylation sites (N-methyl/N-ethyl adjacent to an activating group) is 1. The molecule has 1 rings (SSSR count). The first kappa shape index (κ1) is 25.1. The van der Waals surface area contributed by atoms with Gasteiger partial charge in [0.15, 0.2) is 0 Å². The van der Waals surface area contributed by atoms with Gasteiger partial charge in [0.1, 0.15) is 6.04 Å². The van der Waals surface area contributed by atoms with Crippen molar-refractivity contribution < 1.29 is 24.2 Å². The Morgan fingerprint density at radius 3 is 2.28 bits per heavy atom. The minimum atomic E-state index is -0.816. The molecule has 2 amide bonds.